The van der Waals surface area contributed by atoms with E-state index in [4.69, 9.17) is 0 Å². The highest BCUT2D eigenvalue weighted by atomic mass is 32.2. The number of amides is 2. The number of fused-ring (bicyclic) bond motifs is 2. The van der Waals surface area contributed by atoms with E-state index in [9.17, 15) is 18.0 Å². The van der Waals surface area contributed by atoms with E-state index in [2.05, 4.69) is 20.9 Å². The van der Waals surface area contributed by atoms with Crippen molar-refractivity contribution < 1.29 is 18.0 Å². The molecular formula is C28H31N5O4S. The van der Waals surface area contributed by atoms with Gasteiger partial charge in [-0.1, -0.05) is 24.3 Å². The molecule has 1 saturated heterocycles. The zero-order chi connectivity index (χ0) is 26.9. The van der Waals surface area contributed by atoms with Crippen LogP contribution in [0.4, 0.5) is 22.7 Å². The standard InChI is InChI=1S/C28H31N5O4S/c1-32(38(2,36)37)26-8-4-3-7-21(26)19-9-11-22-24(17-19)30-25-18-20(10-12-23(25)31-28(22)35)27(34)29-13-16-33-14-5-6-15-33/h3-4,7-12,17-18,30H,5-6,13-16H2,1-2H3,(H,29,34)(H,31,35). The minimum absolute atomic E-state index is 0.170. The van der Waals surface area contributed by atoms with Gasteiger partial charge in [0.15, 0.2) is 0 Å². The third kappa shape index (κ3) is 5.36. The summed E-state index contributed by atoms with van der Waals surface area (Å²) in [5.74, 6) is -0.446. The number of benzene rings is 3. The molecule has 5 rings (SSSR count). The molecule has 2 heterocycles. The van der Waals surface area contributed by atoms with Crippen LogP contribution in [0.1, 0.15) is 33.6 Å². The predicted octanol–water partition coefficient (Wildman–Crippen LogP) is 3.88. The lowest BCUT2D eigenvalue weighted by molar-refractivity contribution is 0.0949. The van der Waals surface area contributed by atoms with Crippen LogP contribution in [0, 0.1) is 0 Å². The van der Waals surface area contributed by atoms with Gasteiger partial charge < -0.3 is 20.9 Å². The molecule has 2 aliphatic heterocycles. The number of nitrogens with zero attached hydrogens (tertiary/aromatic N) is 2. The maximum Gasteiger partial charge on any atom is 0.257 e. The topological polar surface area (TPSA) is 111 Å². The second-order valence-electron chi connectivity index (χ2n) is 9.65. The van der Waals surface area contributed by atoms with Gasteiger partial charge >= 0.3 is 0 Å². The smallest absolute Gasteiger partial charge is 0.257 e. The number of hydrogen-bond acceptors (Lipinski definition) is 6. The monoisotopic (exact) mass is 533 g/mol. The number of likely N-dealkylation sites (tertiary alicyclic amines) is 1. The first-order chi connectivity index (χ1) is 18.2. The average Bonchev–Trinajstić information content (AvgIpc) is 3.37. The number of sulfonamides is 1. The molecule has 2 amide bonds. The second-order valence-corrected chi connectivity index (χ2v) is 11.7. The fourth-order valence-electron chi connectivity index (χ4n) is 4.85. The molecule has 3 aromatic rings. The molecular weight excluding hydrogens is 502 g/mol. The number of rotatable bonds is 7. The number of hydrogen-bond donors (Lipinski definition) is 3. The van der Waals surface area contributed by atoms with Crippen molar-refractivity contribution in [1.29, 1.82) is 0 Å². The van der Waals surface area contributed by atoms with Gasteiger partial charge in [0, 0.05) is 31.3 Å². The van der Waals surface area contributed by atoms with E-state index in [0.29, 0.717) is 46.0 Å². The Morgan fingerprint density at radius 1 is 0.947 bits per heavy atom. The molecule has 0 radical (unpaired) electrons. The fraction of sp³-hybridized carbons (Fsp3) is 0.286. The Morgan fingerprint density at radius 3 is 2.47 bits per heavy atom. The van der Waals surface area contributed by atoms with Gasteiger partial charge in [0.05, 0.1) is 34.6 Å². The maximum atomic E-state index is 13.0. The molecule has 9 nitrogen and oxygen atoms in total. The minimum atomic E-state index is -3.47. The number of carbonyl (C=O) groups excluding carboxylic acids is 2. The van der Waals surface area contributed by atoms with E-state index < -0.39 is 10.0 Å². The lowest BCUT2D eigenvalue weighted by Crippen LogP contribution is -2.33. The van der Waals surface area contributed by atoms with E-state index in [1.807, 2.05) is 18.2 Å². The molecule has 0 saturated carbocycles. The normalized spacial score (nSPS) is 15.1. The molecule has 2 aliphatic rings. The third-order valence-electron chi connectivity index (χ3n) is 7.03. The van der Waals surface area contributed by atoms with E-state index in [1.165, 1.54) is 24.2 Å². The maximum absolute atomic E-state index is 13.0. The molecule has 198 valence electrons. The van der Waals surface area contributed by atoms with Gasteiger partial charge in [-0.3, -0.25) is 13.9 Å². The molecule has 0 aromatic heterocycles. The summed E-state index contributed by atoms with van der Waals surface area (Å²) in [4.78, 5) is 28.2. The van der Waals surface area contributed by atoms with E-state index in [0.717, 1.165) is 31.5 Å². The van der Waals surface area contributed by atoms with Gasteiger partial charge in [0.25, 0.3) is 11.8 Å². The fourth-order valence-corrected chi connectivity index (χ4v) is 5.37. The van der Waals surface area contributed by atoms with Crippen molar-refractivity contribution in [3.63, 3.8) is 0 Å². The summed E-state index contributed by atoms with van der Waals surface area (Å²) in [5, 5.41) is 9.21. The van der Waals surface area contributed by atoms with Gasteiger partial charge in [-0.2, -0.15) is 0 Å². The van der Waals surface area contributed by atoms with Gasteiger partial charge in [-0.05, 0) is 67.9 Å². The third-order valence-corrected chi connectivity index (χ3v) is 8.22. The van der Waals surface area contributed by atoms with Crippen molar-refractivity contribution >= 4 is 44.6 Å². The van der Waals surface area contributed by atoms with Crippen LogP contribution in [-0.4, -0.2) is 64.6 Å². The predicted molar refractivity (Wildman–Crippen MR) is 151 cm³/mol. The minimum Gasteiger partial charge on any atom is -0.353 e. The van der Waals surface area contributed by atoms with Crippen molar-refractivity contribution in [2.45, 2.75) is 12.8 Å². The van der Waals surface area contributed by atoms with Gasteiger partial charge in [-0.15, -0.1) is 0 Å². The van der Waals surface area contributed by atoms with Crippen LogP contribution in [0.2, 0.25) is 0 Å². The van der Waals surface area contributed by atoms with Crippen LogP contribution < -0.4 is 20.3 Å². The van der Waals surface area contributed by atoms with Crippen LogP contribution in [0.5, 0.6) is 0 Å². The molecule has 0 bridgehead atoms. The van der Waals surface area contributed by atoms with Crippen LogP contribution in [0.15, 0.2) is 60.7 Å². The highest BCUT2D eigenvalue weighted by Gasteiger charge is 2.22. The molecule has 38 heavy (non-hydrogen) atoms. The van der Waals surface area contributed by atoms with Crippen LogP contribution in [-0.2, 0) is 10.0 Å². The molecule has 3 N–H and O–H groups in total. The molecule has 1 fully saturated rings. The summed E-state index contributed by atoms with van der Waals surface area (Å²) in [6.07, 6.45) is 3.57. The quantitative estimate of drug-likeness (QED) is 0.425. The zero-order valence-corrected chi connectivity index (χ0v) is 22.3. The zero-order valence-electron chi connectivity index (χ0n) is 21.5. The highest BCUT2D eigenvalue weighted by Crippen LogP contribution is 2.37. The van der Waals surface area contributed by atoms with E-state index in [1.54, 1.807) is 42.5 Å². The van der Waals surface area contributed by atoms with Gasteiger partial charge in [-0.25, -0.2) is 8.42 Å². The average molecular weight is 534 g/mol. The lowest BCUT2D eigenvalue weighted by atomic mass is 10.0. The molecule has 0 aliphatic carbocycles. The number of nitrogens with one attached hydrogen (secondary N) is 3. The summed E-state index contributed by atoms with van der Waals surface area (Å²) in [7, 11) is -1.96. The van der Waals surface area contributed by atoms with Crippen molar-refractivity contribution in [2.24, 2.45) is 0 Å². The summed E-state index contributed by atoms with van der Waals surface area (Å²) in [6, 6.07) is 17.7. The Labute approximate surface area is 222 Å². The Hall–Kier alpha value is -3.89. The Kier molecular flexibility index (Phi) is 7.09. The van der Waals surface area contributed by atoms with Crippen molar-refractivity contribution in [2.75, 3.05) is 54.4 Å². The Bertz CT molecular complexity index is 1500. The SMILES string of the molecule is CN(c1ccccc1-c1ccc2c(c1)Nc1cc(C(=O)NCCN3CCCC3)ccc1NC2=O)S(C)(=O)=O. The first-order valence-electron chi connectivity index (χ1n) is 12.6. The van der Waals surface area contributed by atoms with E-state index >= 15 is 0 Å². The van der Waals surface area contributed by atoms with E-state index in [-0.39, 0.29) is 11.8 Å². The first kappa shape index (κ1) is 25.7. The van der Waals surface area contributed by atoms with Gasteiger partial charge in [0.2, 0.25) is 10.0 Å². The van der Waals surface area contributed by atoms with Crippen LogP contribution >= 0.6 is 0 Å². The second kappa shape index (κ2) is 10.5. The first-order valence-corrected chi connectivity index (χ1v) is 14.5. The summed E-state index contributed by atoms with van der Waals surface area (Å²) in [5.41, 5.74) is 4.64. The molecule has 10 heteroatoms. The Balaban J connectivity index is 1.42. The van der Waals surface area contributed by atoms with Gasteiger partial charge in [0.1, 0.15) is 0 Å². The molecule has 0 atom stereocenters. The number of carbonyl (C=O) groups is 2. The number of para-hydroxylation sites is 1. The summed E-state index contributed by atoms with van der Waals surface area (Å²) < 4.78 is 25.7. The number of anilines is 4. The summed E-state index contributed by atoms with van der Waals surface area (Å²) in [6.45, 7) is 3.56. The largest absolute Gasteiger partial charge is 0.353 e. The van der Waals surface area contributed by atoms with Crippen LogP contribution in [0.3, 0.4) is 0 Å². The summed E-state index contributed by atoms with van der Waals surface area (Å²) >= 11 is 0. The molecule has 3 aromatic carbocycles. The highest BCUT2D eigenvalue weighted by molar-refractivity contribution is 7.92. The molecule has 0 unspecified atom stereocenters. The van der Waals surface area contributed by atoms with Crippen molar-refractivity contribution in [3.8, 4) is 11.1 Å². The van der Waals surface area contributed by atoms with Crippen molar-refractivity contribution in [3.05, 3.63) is 71.8 Å². The molecule has 0 spiro atoms. The Morgan fingerprint density at radius 2 is 1.71 bits per heavy atom. The van der Waals surface area contributed by atoms with Crippen molar-refractivity contribution in [1.82, 2.24) is 10.2 Å². The van der Waals surface area contributed by atoms with Crippen LogP contribution in [0.25, 0.3) is 11.1 Å². The lowest BCUT2D eigenvalue weighted by Gasteiger charge is -2.21.